The van der Waals surface area contributed by atoms with E-state index in [1.807, 2.05) is 31.2 Å². The molecule has 3 N–H and O–H groups in total. The van der Waals surface area contributed by atoms with Crippen molar-refractivity contribution in [2.45, 2.75) is 64.6 Å². The second-order valence-corrected chi connectivity index (χ2v) is 8.77. The number of carbonyl (C=O) groups excluding carboxylic acids is 2. The lowest BCUT2D eigenvalue weighted by Gasteiger charge is -2.18. The molecule has 0 spiro atoms. The molecule has 35 heavy (non-hydrogen) atoms. The molecule has 2 aromatic carbocycles. The maximum atomic E-state index is 13.1. The third-order valence-electron chi connectivity index (χ3n) is 6.06. The van der Waals surface area contributed by atoms with Crippen molar-refractivity contribution in [2.24, 2.45) is 0 Å². The van der Waals surface area contributed by atoms with E-state index in [0.717, 1.165) is 55.0 Å². The van der Waals surface area contributed by atoms with Gasteiger partial charge in [0, 0.05) is 30.8 Å². The van der Waals surface area contributed by atoms with Crippen molar-refractivity contribution < 1.29 is 14.0 Å². The minimum atomic E-state index is -0.693. The summed E-state index contributed by atoms with van der Waals surface area (Å²) in [5.74, 6) is 1.19. The van der Waals surface area contributed by atoms with Crippen molar-refractivity contribution in [3.05, 3.63) is 65.7 Å². The number of hydrogen-bond acceptors (Lipinski definition) is 4. The van der Waals surface area contributed by atoms with Crippen LogP contribution >= 0.6 is 0 Å². The number of urea groups is 1. The predicted octanol–water partition coefficient (Wildman–Crippen LogP) is 4.42. The SMILES string of the molecule is CCC[C@H](NC(=O)NCc1ccc(F)cc1)C(=O)Nc1cccc(-c2nnc3n2CCCCC3)c1. The predicted molar refractivity (Wildman–Crippen MR) is 132 cm³/mol. The van der Waals surface area contributed by atoms with Gasteiger partial charge in [-0.3, -0.25) is 4.79 Å². The Morgan fingerprint density at radius 3 is 2.71 bits per heavy atom. The van der Waals surface area contributed by atoms with Gasteiger partial charge in [0.25, 0.3) is 0 Å². The zero-order chi connectivity index (χ0) is 24.6. The van der Waals surface area contributed by atoms with Crippen LogP contribution in [0.3, 0.4) is 0 Å². The van der Waals surface area contributed by atoms with Crippen LogP contribution in [-0.2, 0) is 24.3 Å². The van der Waals surface area contributed by atoms with E-state index in [2.05, 4.69) is 30.7 Å². The number of aromatic nitrogens is 3. The van der Waals surface area contributed by atoms with Gasteiger partial charge in [0.05, 0.1) is 0 Å². The van der Waals surface area contributed by atoms with Crippen molar-refractivity contribution in [2.75, 3.05) is 5.32 Å². The van der Waals surface area contributed by atoms with Crippen LogP contribution in [-0.4, -0.2) is 32.7 Å². The van der Waals surface area contributed by atoms with Gasteiger partial charge in [-0.25, -0.2) is 9.18 Å². The summed E-state index contributed by atoms with van der Waals surface area (Å²) >= 11 is 0. The van der Waals surface area contributed by atoms with Crippen LogP contribution in [0.4, 0.5) is 14.9 Å². The third kappa shape index (κ3) is 6.44. The summed E-state index contributed by atoms with van der Waals surface area (Å²) in [6.45, 7) is 3.08. The van der Waals surface area contributed by atoms with E-state index in [-0.39, 0.29) is 18.3 Å². The molecule has 0 radical (unpaired) electrons. The minimum absolute atomic E-state index is 0.233. The fraction of sp³-hybridized carbons (Fsp3) is 0.385. The summed E-state index contributed by atoms with van der Waals surface area (Å²) in [5, 5.41) is 17.2. The number of nitrogens with zero attached hydrogens (tertiary/aromatic N) is 3. The third-order valence-corrected chi connectivity index (χ3v) is 6.06. The van der Waals surface area contributed by atoms with E-state index in [1.54, 1.807) is 12.1 Å². The topological polar surface area (TPSA) is 101 Å². The van der Waals surface area contributed by atoms with Crippen LogP contribution in [0.15, 0.2) is 48.5 Å². The first-order valence-corrected chi connectivity index (χ1v) is 12.2. The average molecular weight is 479 g/mol. The van der Waals surface area contributed by atoms with Crippen LogP contribution < -0.4 is 16.0 Å². The maximum absolute atomic E-state index is 13.1. The summed E-state index contributed by atoms with van der Waals surface area (Å²) in [4.78, 5) is 25.4. The number of benzene rings is 2. The van der Waals surface area contributed by atoms with Gasteiger partial charge in [0.1, 0.15) is 17.7 Å². The first-order valence-electron chi connectivity index (χ1n) is 12.2. The fourth-order valence-corrected chi connectivity index (χ4v) is 4.22. The molecule has 1 aliphatic heterocycles. The van der Waals surface area contributed by atoms with Crippen molar-refractivity contribution >= 4 is 17.6 Å². The second kappa shape index (κ2) is 11.6. The lowest BCUT2D eigenvalue weighted by molar-refractivity contribution is -0.118. The number of aryl methyl sites for hydroxylation is 1. The van der Waals surface area contributed by atoms with E-state index >= 15 is 0 Å². The van der Waals surface area contributed by atoms with Crippen LogP contribution in [0.25, 0.3) is 11.4 Å². The van der Waals surface area contributed by atoms with Crippen LogP contribution in [0.5, 0.6) is 0 Å². The second-order valence-electron chi connectivity index (χ2n) is 8.77. The summed E-state index contributed by atoms with van der Waals surface area (Å²) < 4.78 is 15.2. The van der Waals surface area contributed by atoms with Gasteiger partial charge in [0.15, 0.2) is 5.82 Å². The molecule has 0 fully saturated rings. The maximum Gasteiger partial charge on any atom is 0.315 e. The van der Waals surface area contributed by atoms with Gasteiger partial charge < -0.3 is 20.5 Å². The molecule has 0 saturated carbocycles. The van der Waals surface area contributed by atoms with E-state index in [0.29, 0.717) is 12.1 Å². The number of carbonyl (C=O) groups is 2. The van der Waals surface area contributed by atoms with E-state index < -0.39 is 12.1 Å². The molecule has 9 heteroatoms. The van der Waals surface area contributed by atoms with Crippen LogP contribution in [0.2, 0.25) is 0 Å². The van der Waals surface area contributed by atoms with Crippen LogP contribution in [0.1, 0.15) is 50.4 Å². The largest absolute Gasteiger partial charge is 0.334 e. The Labute approximate surface area is 204 Å². The number of amides is 3. The Balaban J connectivity index is 1.39. The summed E-state index contributed by atoms with van der Waals surface area (Å²) in [6, 6.07) is 12.3. The smallest absolute Gasteiger partial charge is 0.315 e. The number of rotatable bonds is 8. The van der Waals surface area contributed by atoms with Gasteiger partial charge >= 0.3 is 6.03 Å². The zero-order valence-electron chi connectivity index (χ0n) is 19.9. The fourth-order valence-electron chi connectivity index (χ4n) is 4.22. The molecule has 3 amide bonds. The van der Waals surface area contributed by atoms with Gasteiger partial charge in [-0.1, -0.05) is 44.0 Å². The highest BCUT2D eigenvalue weighted by atomic mass is 19.1. The van der Waals surface area contributed by atoms with Gasteiger partial charge in [-0.2, -0.15) is 0 Å². The lowest BCUT2D eigenvalue weighted by atomic mass is 10.1. The number of nitrogens with one attached hydrogen (secondary N) is 3. The Morgan fingerprint density at radius 1 is 1.09 bits per heavy atom. The minimum Gasteiger partial charge on any atom is -0.334 e. The molecule has 184 valence electrons. The molecule has 3 aromatic rings. The Kier molecular flexibility index (Phi) is 8.07. The van der Waals surface area contributed by atoms with Crippen molar-refractivity contribution in [3.8, 4) is 11.4 Å². The highest BCUT2D eigenvalue weighted by Gasteiger charge is 2.21. The summed E-state index contributed by atoms with van der Waals surface area (Å²) in [6.07, 6.45) is 5.55. The Morgan fingerprint density at radius 2 is 1.91 bits per heavy atom. The molecular weight excluding hydrogens is 447 g/mol. The summed E-state index contributed by atoms with van der Waals surface area (Å²) in [7, 11) is 0. The lowest BCUT2D eigenvalue weighted by Crippen LogP contribution is -2.47. The van der Waals surface area contributed by atoms with Crippen molar-refractivity contribution in [1.29, 1.82) is 0 Å². The Bertz CT molecular complexity index is 1160. The Hall–Kier alpha value is -3.75. The van der Waals surface area contributed by atoms with E-state index in [9.17, 15) is 14.0 Å². The van der Waals surface area contributed by atoms with Gasteiger partial charge in [-0.05, 0) is 49.1 Å². The molecule has 0 saturated heterocycles. The van der Waals surface area contributed by atoms with Gasteiger partial charge in [-0.15, -0.1) is 10.2 Å². The number of fused-ring (bicyclic) bond motifs is 1. The first kappa shape index (κ1) is 24.4. The monoisotopic (exact) mass is 478 g/mol. The molecule has 1 aliphatic rings. The molecule has 1 atom stereocenters. The average Bonchev–Trinajstić information content (AvgIpc) is 3.11. The van der Waals surface area contributed by atoms with Crippen LogP contribution in [0, 0.1) is 5.82 Å². The molecule has 2 heterocycles. The standard InChI is InChI=1S/C26H31FN6O2/c1-2-7-22(30-26(35)28-17-18-11-13-20(27)14-12-18)25(34)29-21-9-6-8-19(16-21)24-32-31-23-10-4-3-5-15-33(23)24/h6,8-9,11-14,16,22H,2-5,7,10,15,17H2,1H3,(H,29,34)(H2,28,30,35)/t22-/m0/s1. The van der Waals surface area contributed by atoms with Crippen molar-refractivity contribution in [1.82, 2.24) is 25.4 Å². The van der Waals surface area contributed by atoms with E-state index in [1.165, 1.54) is 18.6 Å². The molecule has 1 aromatic heterocycles. The summed E-state index contributed by atoms with van der Waals surface area (Å²) in [5.41, 5.74) is 2.29. The highest BCUT2D eigenvalue weighted by molar-refractivity contribution is 5.97. The number of hydrogen-bond donors (Lipinski definition) is 3. The molecular formula is C26H31FN6O2. The number of halogens is 1. The molecule has 0 unspecified atom stereocenters. The molecule has 0 bridgehead atoms. The van der Waals surface area contributed by atoms with E-state index in [4.69, 9.17) is 0 Å². The molecule has 4 rings (SSSR count). The quantitative estimate of drug-likeness (QED) is 0.446. The van der Waals surface area contributed by atoms with Crippen molar-refractivity contribution in [3.63, 3.8) is 0 Å². The molecule has 8 nitrogen and oxygen atoms in total. The first-order chi connectivity index (χ1) is 17.0. The highest BCUT2D eigenvalue weighted by Crippen LogP contribution is 2.25. The molecule has 0 aliphatic carbocycles. The zero-order valence-corrected chi connectivity index (χ0v) is 19.9. The number of anilines is 1. The normalized spacial score (nSPS) is 13.9. The van der Waals surface area contributed by atoms with Gasteiger partial charge in [0.2, 0.25) is 5.91 Å².